The molecule has 0 aromatic carbocycles. The van der Waals surface area contributed by atoms with Gasteiger partial charge >= 0.3 is 0 Å². The van der Waals surface area contributed by atoms with Gasteiger partial charge in [0.05, 0.1) is 11.8 Å². The predicted molar refractivity (Wildman–Crippen MR) is 72.9 cm³/mol. The average molecular weight is 250 g/mol. The maximum atomic E-state index is 5.65. The Morgan fingerprint density at radius 2 is 2.29 bits per heavy atom. The summed E-state index contributed by atoms with van der Waals surface area (Å²) in [7, 11) is 0. The highest BCUT2D eigenvalue weighted by atomic mass is 32.1. The molecule has 0 bridgehead atoms. The Labute approximate surface area is 107 Å². The zero-order chi connectivity index (χ0) is 12.5. The number of aromatic nitrogens is 2. The van der Waals surface area contributed by atoms with Crippen LogP contribution in [0.25, 0.3) is 0 Å². The highest BCUT2D eigenvalue weighted by Crippen LogP contribution is 2.51. The van der Waals surface area contributed by atoms with Crippen molar-refractivity contribution in [2.45, 2.75) is 26.7 Å². The van der Waals surface area contributed by atoms with Gasteiger partial charge in [-0.2, -0.15) is 5.10 Å². The summed E-state index contributed by atoms with van der Waals surface area (Å²) in [5.41, 5.74) is 6.85. The van der Waals surface area contributed by atoms with Crippen molar-refractivity contribution in [1.29, 1.82) is 0 Å². The lowest BCUT2D eigenvalue weighted by atomic mass is 9.92. The molecule has 1 heterocycles. The quantitative estimate of drug-likeness (QED) is 0.782. The van der Waals surface area contributed by atoms with Crippen molar-refractivity contribution in [1.82, 2.24) is 10.2 Å². The van der Waals surface area contributed by atoms with E-state index in [9.17, 15) is 0 Å². The first-order valence-corrected chi connectivity index (χ1v) is 6.31. The highest BCUT2D eigenvalue weighted by molar-refractivity contribution is 7.80. The number of nitrogens with one attached hydrogen (secondary N) is 1. The summed E-state index contributed by atoms with van der Waals surface area (Å²) in [6.45, 7) is 5.44. The zero-order valence-corrected chi connectivity index (χ0v) is 11.0. The van der Waals surface area contributed by atoms with Gasteiger partial charge in [0, 0.05) is 6.54 Å². The third-order valence-corrected chi connectivity index (χ3v) is 3.93. The Kier molecular flexibility index (Phi) is 3.28. The Bertz CT molecular complexity index is 426. The standard InChI is InChI=1S/C12H18N4S/c1-8(2)12(4-5-12)7-14-11-9(10(13)17)3-6-15-16-11/h3,6,8H,4-5,7H2,1-2H3,(H2,13,17)(H,14,16). The molecule has 1 aliphatic rings. The fourth-order valence-electron chi connectivity index (χ4n) is 2.04. The van der Waals surface area contributed by atoms with E-state index in [-0.39, 0.29) is 0 Å². The molecule has 2 rings (SSSR count). The van der Waals surface area contributed by atoms with Crippen molar-refractivity contribution in [2.75, 3.05) is 11.9 Å². The monoisotopic (exact) mass is 250 g/mol. The van der Waals surface area contributed by atoms with E-state index >= 15 is 0 Å². The van der Waals surface area contributed by atoms with Crippen molar-refractivity contribution in [3.8, 4) is 0 Å². The van der Waals surface area contributed by atoms with Crippen LogP contribution in [-0.2, 0) is 0 Å². The second kappa shape index (κ2) is 4.56. The van der Waals surface area contributed by atoms with Gasteiger partial charge in [0.1, 0.15) is 4.99 Å². The minimum Gasteiger partial charge on any atom is -0.389 e. The number of hydrogen-bond donors (Lipinski definition) is 2. The van der Waals surface area contributed by atoms with Crippen LogP contribution in [0.3, 0.4) is 0 Å². The first-order valence-electron chi connectivity index (χ1n) is 5.90. The Morgan fingerprint density at radius 3 is 2.82 bits per heavy atom. The number of nitrogens with zero attached hydrogens (tertiary/aromatic N) is 2. The molecule has 1 aromatic heterocycles. The van der Waals surface area contributed by atoms with E-state index < -0.39 is 0 Å². The lowest BCUT2D eigenvalue weighted by molar-refractivity contribution is 0.379. The van der Waals surface area contributed by atoms with Crippen LogP contribution in [0.4, 0.5) is 5.82 Å². The maximum Gasteiger partial charge on any atom is 0.158 e. The van der Waals surface area contributed by atoms with E-state index in [2.05, 4.69) is 29.4 Å². The number of nitrogens with two attached hydrogens (primary N) is 1. The normalized spacial score (nSPS) is 16.9. The van der Waals surface area contributed by atoms with Crippen LogP contribution in [0, 0.1) is 11.3 Å². The summed E-state index contributed by atoms with van der Waals surface area (Å²) in [6, 6.07) is 1.80. The molecule has 0 spiro atoms. The van der Waals surface area contributed by atoms with Gasteiger partial charge in [0.2, 0.25) is 0 Å². The Hall–Kier alpha value is -1.23. The molecule has 1 fully saturated rings. The average Bonchev–Trinajstić information content (AvgIpc) is 3.07. The predicted octanol–water partition coefficient (Wildman–Crippen LogP) is 1.96. The third-order valence-electron chi connectivity index (χ3n) is 3.71. The van der Waals surface area contributed by atoms with Crippen LogP contribution >= 0.6 is 12.2 Å². The van der Waals surface area contributed by atoms with Crippen molar-refractivity contribution in [2.24, 2.45) is 17.1 Å². The molecular formula is C12H18N4S. The molecule has 0 aliphatic heterocycles. The van der Waals surface area contributed by atoms with E-state index in [0.29, 0.717) is 22.1 Å². The van der Waals surface area contributed by atoms with Gasteiger partial charge in [-0.3, -0.25) is 0 Å². The van der Waals surface area contributed by atoms with Crippen LogP contribution < -0.4 is 11.1 Å². The molecule has 0 unspecified atom stereocenters. The lowest BCUT2D eigenvalue weighted by Gasteiger charge is -2.20. The van der Waals surface area contributed by atoms with Crippen LogP contribution in [0.2, 0.25) is 0 Å². The second-order valence-corrected chi connectivity index (χ2v) is 5.47. The number of anilines is 1. The molecule has 1 aromatic rings. The van der Waals surface area contributed by atoms with Crippen LogP contribution in [0.1, 0.15) is 32.3 Å². The van der Waals surface area contributed by atoms with E-state index in [0.717, 1.165) is 12.1 Å². The van der Waals surface area contributed by atoms with E-state index in [1.54, 1.807) is 12.3 Å². The molecule has 5 heteroatoms. The molecule has 4 nitrogen and oxygen atoms in total. The SMILES string of the molecule is CC(C)C1(CNc2nnccc2C(N)=S)CC1. The second-order valence-electron chi connectivity index (χ2n) is 5.03. The minimum absolute atomic E-state index is 0.358. The fourth-order valence-corrected chi connectivity index (χ4v) is 2.20. The molecule has 0 atom stereocenters. The smallest absolute Gasteiger partial charge is 0.158 e. The topological polar surface area (TPSA) is 63.8 Å². The molecule has 3 N–H and O–H groups in total. The molecule has 0 amide bonds. The minimum atomic E-state index is 0.358. The maximum absolute atomic E-state index is 5.65. The van der Waals surface area contributed by atoms with Gasteiger partial charge in [-0.15, -0.1) is 5.10 Å². The van der Waals surface area contributed by atoms with Gasteiger partial charge < -0.3 is 11.1 Å². The first-order chi connectivity index (χ1) is 8.05. The zero-order valence-electron chi connectivity index (χ0n) is 10.2. The van der Waals surface area contributed by atoms with E-state index in [4.69, 9.17) is 18.0 Å². The molecule has 17 heavy (non-hydrogen) atoms. The highest BCUT2D eigenvalue weighted by Gasteiger charge is 2.45. The van der Waals surface area contributed by atoms with Crippen molar-refractivity contribution in [3.63, 3.8) is 0 Å². The molecule has 0 radical (unpaired) electrons. The summed E-state index contributed by atoms with van der Waals surface area (Å²) in [4.78, 5) is 0.358. The van der Waals surface area contributed by atoms with Gasteiger partial charge in [-0.25, -0.2) is 0 Å². The summed E-state index contributed by atoms with van der Waals surface area (Å²) in [6.07, 6.45) is 4.16. The molecule has 92 valence electrons. The van der Waals surface area contributed by atoms with Crippen molar-refractivity contribution in [3.05, 3.63) is 17.8 Å². The fraction of sp³-hybridized carbons (Fsp3) is 0.583. The van der Waals surface area contributed by atoms with E-state index in [1.165, 1.54) is 12.8 Å². The summed E-state index contributed by atoms with van der Waals surface area (Å²) in [5, 5.41) is 11.3. The van der Waals surface area contributed by atoms with Gasteiger partial charge in [0.25, 0.3) is 0 Å². The van der Waals surface area contributed by atoms with Gasteiger partial charge in [0.15, 0.2) is 5.82 Å². The third kappa shape index (κ3) is 2.54. The number of rotatable bonds is 5. The van der Waals surface area contributed by atoms with Crippen LogP contribution in [0.15, 0.2) is 12.3 Å². The van der Waals surface area contributed by atoms with Gasteiger partial charge in [-0.1, -0.05) is 26.1 Å². The summed E-state index contributed by atoms with van der Waals surface area (Å²) >= 11 is 4.99. The van der Waals surface area contributed by atoms with E-state index in [1.807, 2.05) is 0 Å². The molecular weight excluding hydrogens is 232 g/mol. The largest absolute Gasteiger partial charge is 0.389 e. The Balaban J connectivity index is 2.07. The number of thiocarbonyl (C=S) groups is 1. The molecule has 1 aliphatic carbocycles. The lowest BCUT2D eigenvalue weighted by Crippen LogP contribution is -2.23. The molecule has 1 saturated carbocycles. The first kappa shape index (κ1) is 12.2. The molecule has 0 saturated heterocycles. The summed E-state index contributed by atoms with van der Waals surface area (Å²) in [5.74, 6) is 1.38. The van der Waals surface area contributed by atoms with Crippen molar-refractivity contribution < 1.29 is 0 Å². The van der Waals surface area contributed by atoms with Crippen LogP contribution in [-0.4, -0.2) is 21.7 Å². The van der Waals surface area contributed by atoms with Gasteiger partial charge in [-0.05, 0) is 30.2 Å². The van der Waals surface area contributed by atoms with Crippen LogP contribution in [0.5, 0.6) is 0 Å². The Morgan fingerprint density at radius 1 is 1.59 bits per heavy atom. The summed E-state index contributed by atoms with van der Waals surface area (Å²) < 4.78 is 0. The van der Waals surface area contributed by atoms with Crippen molar-refractivity contribution >= 4 is 23.0 Å². The number of hydrogen-bond acceptors (Lipinski definition) is 4.